The first kappa shape index (κ1) is 17.2. The van der Waals surface area contributed by atoms with Crippen molar-refractivity contribution < 1.29 is 13.2 Å². The number of para-hydroxylation sites is 1. The Kier molecular flexibility index (Phi) is 5.52. The lowest BCUT2D eigenvalue weighted by atomic mass is 10.2. The number of anilines is 1. The first-order chi connectivity index (χ1) is 10.9. The SMILES string of the molecule is CCC(C)NS(=O)(=O)c1cccc(C(=O)Nc2ccccc2)c1. The average Bonchev–Trinajstić information content (AvgIpc) is 2.55. The van der Waals surface area contributed by atoms with Gasteiger partial charge in [-0.3, -0.25) is 4.79 Å². The molecule has 0 aliphatic rings. The number of carbonyl (C=O) groups excluding carboxylic acids is 1. The maximum Gasteiger partial charge on any atom is 0.255 e. The Labute approximate surface area is 136 Å². The highest BCUT2D eigenvalue weighted by Crippen LogP contribution is 2.14. The van der Waals surface area contributed by atoms with E-state index in [9.17, 15) is 13.2 Å². The molecule has 1 amide bonds. The Morgan fingerprint density at radius 1 is 1.09 bits per heavy atom. The second-order valence-electron chi connectivity index (χ2n) is 5.28. The molecule has 0 aliphatic heterocycles. The van der Waals surface area contributed by atoms with Crippen LogP contribution in [0.15, 0.2) is 59.5 Å². The van der Waals surface area contributed by atoms with Crippen LogP contribution in [0.3, 0.4) is 0 Å². The van der Waals surface area contributed by atoms with Gasteiger partial charge in [0.2, 0.25) is 10.0 Å². The number of hydrogen-bond acceptors (Lipinski definition) is 3. The monoisotopic (exact) mass is 332 g/mol. The van der Waals surface area contributed by atoms with Crippen LogP contribution in [0.2, 0.25) is 0 Å². The van der Waals surface area contributed by atoms with E-state index in [1.807, 2.05) is 25.1 Å². The van der Waals surface area contributed by atoms with Crippen molar-refractivity contribution in [2.75, 3.05) is 5.32 Å². The lowest BCUT2D eigenvalue weighted by molar-refractivity contribution is 0.102. The number of benzene rings is 2. The van der Waals surface area contributed by atoms with E-state index in [2.05, 4.69) is 10.0 Å². The molecule has 0 bridgehead atoms. The largest absolute Gasteiger partial charge is 0.322 e. The highest BCUT2D eigenvalue weighted by Gasteiger charge is 2.18. The quantitative estimate of drug-likeness (QED) is 0.854. The summed E-state index contributed by atoms with van der Waals surface area (Å²) >= 11 is 0. The molecule has 0 saturated heterocycles. The molecule has 0 fully saturated rings. The molecule has 2 rings (SSSR count). The maximum absolute atomic E-state index is 12.3. The molecule has 0 saturated carbocycles. The summed E-state index contributed by atoms with van der Waals surface area (Å²) in [6, 6.07) is 14.8. The van der Waals surface area contributed by atoms with Gasteiger partial charge >= 0.3 is 0 Å². The van der Waals surface area contributed by atoms with Crippen LogP contribution in [0.5, 0.6) is 0 Å². The average molecular weight is 332 g/mol. The highest BCUT2D eigenvalue weighted by molar-refractivity contribution is 7.89. The van der Waals surface area contributed by atoms with Crippen LogP contribution >= 0.6 is 0 Å². The van der Waals surface area contributed by atoms with Gasteiger partial charge < -0.3 is 5.32 Å². The minimum atomic E-state index is -3.63. The van der Waals surface area contributed by atoms with Crippen LogP contribution in [0.1, 0.15) is 30.6 Å². The fraction of sp³-hybridized carbons (Fsp3) is 0.235. The molecule has 0 heterocycles. The number of carbonyl (C=O) groups is 1. The summed E-state index contributed by atoms with van der Waals surface area (Å²) in [5.41, 5.74) is 0.948. The molecule has 0 spiro atoms. The Morgan fingerprint density at radius 2 is 1.78 bits per heavy atom. The second-order valence-corrected chi connectivity index (χ2v) is 6.99. The van der Waals surface area contributed by atoms with Crippen LogP contribution in [0.25, 0.3) is 0 Å². The summed E-state index contributed by atoms with van der Waals surface area (Å²) in [5.74, 6) is -0.350. The van der Waals surface area contributed by atoms with E-state index in [-0.39, 0.29) is 16.8 Å². The first-order valence-electron chi connectivity index (χ1n) is 7.41. The van der Waals surface area contributed by atoms with Gasteiger partial charge in [0.15, 0.2) is 0 Å². The molecule has 6 heteroatoms. The van der Waals surface area contributed by atoms with Crippen LogP contribution in [0.4, 0.5) is 5.69 Å². The summed E-state index contributed by atoms with van der Waals surface area (Å²) < 4.78 is 27.2. The normalized spacial score (nSPS) is 12.6. The van der Waals surface area contributed by atoms with E-state index in [1.54, 1.807) is 31.2 Å². The molecule has 1 atom stereocenters. The predicted molar refractivity (Wildman–Crippen MR) is 90.9 cm³/mol. The summed E-state index contributed by atoms with van der Waals surface area (Å²) in [7, 11) is -3.63. The Hall–Kier alpha value is -2.18. The standard InChI is InChI=1S/C17H20N2O3S/c1-3-13(2)19-23(21,22)16-11-7-8-14(12-16)17(20)18-15-9-5-4-6-10-15/h4-13,19H,3H2,1-2H3,(H,18,20). The van der Waals surface area contributed by atoms with Crippen molar-refractivity contribution in [2.24, 2.45) is 0 Å². The summed E-state index contributed by atoms with van der Waals surface area (Å²) in [5, 5.41) is 2.73. The zero-order chi connectivity index (χ0) is 16.9. The van der Waals surface area contributed by atoms with Gasteiger partial charge in [-0.15, -0.1) is 0 Å². The van der Waals surface area contributed by atoms with Gasteiger partial charge in [-0.1, -0.05) is 31.2 Å². The number of sulfonamides is 1. The van der Waals surface area contributed by atoms with Gasteiger partial charge in [0.05, 0.1) is 4.90 Å². The second kappa shape index (κ2) is 7.39. The van der Waals surface area contributed by atoms with E-state index in [0.717, 1.165) is 0 Å². The topological polar surface area (TPSA) is 75.3 Å². The molecule has 2 aromatic carbocycles. The Bertz CT molecular complexity index is 773. The molecule has 0 aliphatic carbocycles. The van der Waals surface area contributed by atoms with Gasteiger partial charge in [-0.25, -0.2) is 13.1 Å². The van der Waals surface area contributed by atoms with E-state index in [1.165, 1.54) is 12.1 Å². The van der Waals surface area contributed by atoms with Gasteiger partial charge in [0.1, 0.15) is 0 Å². The fourth-order valence-corrected chi connectivity index (χ4v) is 3.32. The molecule has 0 aromatic heterocycles. The van der Waals surface area contributed by atoms with Gasteiger partial charge in [-0.05, 0) is 43.7 Å². The molecular weight excluding hydrogens is 312 g/mol. The number of rotatable bonds is 6. The summed E-state index contributed by atoms with van der Waals surface area (Å²) in [4.78, 5) is 12.3. The molecule has 2 aromatic rings. The Balaban J connectivity index is 2.21. The molecule has 0 radical (unpaired) electrons. The number of nitrogens with one attached hydrogen (secondary N) is 2. The van der Waals surface area contributed by atoms with Crippen molar-refractivity contribution in [3.05, 3.63) is 60.2 Å². The fourth-order valence-electron chi connectivity index (χ4n) is 1.95. The molecular formula is C17H20N2O3S. The van der Waals surface area contributed by atoms with E-state index < -0.39 is 10.0 Å². The zero-order valence-corrected chi connectivity index (χ0v) is 13.9. The van der Waals surface area contributed by atoms with Crippen molar-refractivity contribution in [1.29, 1.82) is 0 Å². The smallest absolute Gasteiger partial charge is 0.255 e. The molecule has 23 heavy (non-hydrogen) atoms. The van der Waals surface area contributed by atoms with Crippen molar-refractivity contribution in [2.45, 2.75) is 31.2 Å². The van der Waals surface area contributed by atoms with Crippen LogP contribution in [-0.2, 0) is 10.0 Å². The highest BCUT2D eigenvalue weighted by atomic mass is 32.2. The minimum absolute atomic E-state index is 0.0820. The molecule has 1 unspecified atom stereocenters. The molecule has 2 N–H and O–H groups in total. The van der Waals surface area contributed by atoms with Gasteiger partial charge in [0, 0.05) is 17.3 Å². The molecule has 5 nitrogen and oxygen atoms in total. The third kappa shape index (κ3) is 4.64. The molecule has 122 valence electrons. The van der Waals surface area contributed by atoms with Crippen molar-refractivity contribution >= 4 is 21.6 Å². The first-order valence-corrected chi connectivity index (χ1v) is 8.89. The minimum Gasteiger partial charge on any atom is -0.322 e. The van der Waals surface area contributed by atoms with Crippen LogP contribution in [-0.4, -0.2) is 20.4 Å². The lowest BCUT2D eigenvalue weighted by Gasteiger charge is -2.13. The van der Waals surface area contributed by atoms with Gasteiger partial charge in [0.25, 0.3) is 5.91 Å². The van der Waals surface area contributed by atoms with E-state index in [4.69, 9.17) is 0 Å². The maximum atomic E-state index is 12.3. The van der Waals surface area contributed by atoms with E-state index in [0.29, 0.717) is 17.7 Å². The Morgan fingerprint density at radius 3 is 2.43 bits per heavy atom. The summed E-state index contributed by atoms with van der Waals surface area (Å²) in [6.07, 6.45) is 0.688. The van der Waals surface area contributed by atoms with Crippen molar-refractivity contribution in [3.8, 4) is 0 Å². The van der Waals surface area contributed by atoms with Crippen molar-refractivity contribution in [3.63, 3.8) is 0 Å². The number of hydrogen-bond donors (Lipinski definition) is 2. The van der Waals surface area contributed by atoms with E-state index >= 15 is 0 Å². The third-order valence-corrected chi connectivity index (χ3v) is 4.99. The van der Waals surface area contributed by atoms with Crippen LogP contribution in [0, 0.1) is 0 Å². The predicted octanol–water partition coefficient (Wildman–Crippen LogP) is 3.02. The van der Waals surface area contributed by atoms with Crippen LogP contribution < -0.4 is 10.0 Å². The lowest BCUT2D eigenvalue weighted by Crippen LogP contribution is -2.32. The zero-order valence-electron chi connectivity index (χ0n) is 13.1. The number of amides is 1. The summed E-state index contributed by atoms with van der Waals surface area (Å²) in [6.45, 7) is 3.69. The van der Waals surface area contributed by atoms with Crippen molar-refractivity contribution in [1.82, 2.24) is 4.72 Å². The third-order valence-electron chi connectivity index (χ3n) is 3.41. The van der Waals surface area contributed by atoms with Gasteiger partial charge in [-0.2, -0.15) is 0 Å².